The standard InChI is InChI=1S/C7H5F3O/c8-6-4-2-1-3-5(6)7(9,10)11/h1-4,11H. The molecule has 0 heterocycles. The molecule has 0 aromatic heterocycles. The molecule has 0 aliphatic carbocycles. The zero-order valence-corrected chi connectivity index (χ0v) is 5.39. The van der Waals surface area contributed by atoms with Gasteiger partial charge in [0.1, 0.15) is 5.82 Å². The third-order valence-corrected chi connectivity index (χ3v) is 1.20. The first-order chi connectivity index (χ1) is 5.02. The van der Waals surface area contributed by atoms with Crippen molar-refractivity contribution in [2.45, 2.75) is 6.11 Å². The summed E-state index contributed by atoms with van der Waals surface area (Å²) in [4.78, 5) is 0. The lowest BCUT2D eigenvalue weighted by Crippen LogP contribution is -2.13. The number of rotatable bonds is 1. The molecule has 11 heavy (non-hydrogen) atoms. The van der Waals surface area contributed by atoms with E-state index in [9.17, 15) is 13.2 Å². The molecule has 60 valence electrons. The van der Waals surface area contributed by atoms with Crippen molar-refractivity contribution in [2.24, 2.45) is 0 Å². The summed E-state index contributed by atoms with van der Waals surface area (Å²) in [7, 11) is 0. The summed E-state index contributed by atoms with van der Waals surface area (Å²) in [5.74, 6) is -1.11. The maximum absolute atomic E-state index is 12.4. The SMILES string of the molecule is OC(F)(F)c1ccccc1F. The van der Waals surface area contributed by atoms with Crippen LogP contribution in [0.2, 0.25) is 0 Å². The van der Waals surface area contributed by atoms with E-state index < -0.39 is 17.5 Å². The van der Waals surface area contributed by atoms with E-state index in [-0.39, 0.29) is 0 Å². The van der Waals surface area contributed by atoms with Gasteiger partial charge in [0.05, 0.1) is 5.56 Å². The fraction of sp³-hybridized carbons (Fsp3) is 0.143. The Bertz CT molecular complexity index is 254. The van der Waals surface area contributed by atoms with Gasteiger partial charge in [-0.3, -0.25) is 0 Å². The molecule has 0 atom stereocenters. The minimum absolute atomic E-state index is 0.829. The maximum atomic E-state index is 12.4. The van der Waals surface area contributed by atoms with E-state index in [4.69, 9.17) is 5.11 Å². The highest BCUT2D eigenvalue weighted by Crippen LogP contribution is 2.25. The predicted octanol–water partition coefficient (Wildman–Crippen LogP) is 1.87. The zero-order valence-electron chi connectivity index (χ0n) is 5.39. The molecule has 4 heteroatoms. The van der Waals surface area contributed by atoms with Gasteiger partial charge in [-0.2, -0.15) is 8.78 Å². The Hall–Kier alpha value is -1.03. The molecule has 1 nitrogen and oxygen atoms in total. The Morgan fingerprint density at radius 1 is 1.18 bits per heavy atom. The highest BCUT2D eigenvalue weighted by Gasteiger charge is 2.30. The molecule has 1 aromatic carbocycles. The van der Waals surface area contributed by atoms with Gasteiger partial charge >= 0.3 is 6.11 Å². The molecule has 0 saturated heterocycles. The van der Waals surface area contributed by atoms with Crippen molar-refractivity contribution in [1.29, 1.82) is 0 Å². The van der Waals surface area contributed by atoms with Gasteiger partial charge in [-0.1, -0.05) is 12.1 Å². The molecule has 1 rings (SSSR count). The van der Waals surface area contributed by atoms with E-state index in [1.807, 2.05) is 0 Å². The maximum Gasteiger partial charge on any atom is 0.383 e. The summed E-state index contributed by atoms with van der Waals surface area (Å²) in [5.41, 5.74) is -1.000. The number of hydrogen-bond acceptors (Lipinski definition) is 1. The highest BCUT2D eigenvalue weighted by atomic mass is 19.3. The molecular weight excluding hydrogens is 157 g/mol. The van der Waals surface area contributed by atoms with Gasteiger partial charge in [-0.05, 0) is 12.1 Å². The van der Waals surface area contributed by atoms with Gasteiger partial charge in [0.25, 0.3) is 0 Å². The van der Waals surface area contributed by atoms with Gasteiger partial charge in [0, 0.05) is 0 Å². The Morgan fingerprint density at radius 2 is 1.73 bits per heavy atom. The molecule has 0 radical (unpaired) electrons. The summed E-state index contributed by atoms with van der Waals surface area (Å²) < 4.78 is 36.5. The first-order valence-corrected chi connectivity index (χ1v) is 2.87. The van der Waals surface area contributed by atoms with Crippen LogP contribution in [0.3, 0.4) is 0 Å². The Labute approximate surface area is 61.1 Å². The molecule has 0 fully saturated rings. The molecule has 0 unspecified atom stereocenters. The monoisotopic (exact) mass is 162 g/mol. The summed E-state index contributed by atoms with van der Waals surface area (Å²) in [5, 5.41) is 8.10. The van der Waals surface area contributed by atoms with Crippen molar-refractivity contribution in [3.05, 3.63) is 35.6 Å². The van der Waals surface area contributed by atoms with E-state index in [1.165, 1.54) is 12.1 Å². The quantitative estimate of drug-likeness (QED) is 0.668. The van der Waals surface area contributed by atoms with Crippen molar-refractivity contribution < 1.29 is 18.3 Å². The molecule has 0 aliphatic heterocycles. The third-order valence-electron chi connectivity index (χ3n) is 1.20. The average molecular weight is 162 g/mol. The lowest BCUT2D eigenvalue weighted by atomic mass is 10.2. The van der Waals surface area contributed by atoms with E-state index in [0.717, 1.165) is 12.1 Å². The number of benzene rings is 1. The molecule has 0 spiro atoms. The van der Waals surface area contributed by atoms with Crippen LogP contribution < -0.4 is 0 Å². The van der Waals surface area contributed by atoms with Gasteiger partial charge in [0.15, 0.2) is 0 Å². The molecule has 0 saturated carbocycles. The van der Waals surface area contributed by atoms with Crippen LogP contribution >= 0.6 is 0 Å². The first-order valence-electron chi connectivity index (χ1n) is 2.87. The van der Waals surface area contributed by atoms with Crippen LogP contribution in [-0.2, 0) is 6.11 Å². The van der Waals surface area contributed by atoms with Crippen molar-refractivity contribution >= 4 is 0 Å². The second-order valence-corrected chi connectivity index (χ2v) is 2.02. The van der Waals surface area contributed by atoms with E-state index in [2.05, 4.69) is 0 Å². The Balaban J connectivity index is 3.14. The summed E-state index contributed by atoms with van der Waals surface area (Å²) in [6, 6.07) is 4.18. The van der Waals surface area contributed by atoms with Crippen LogP contribution in [-0.4, -0.2) is 5.11 Å². The molecule has 1 aromatic rings. The highest BCUT2D eigenvalue weighted by molar-refractivity contribution is 5.19. The minimum atomic E-state index is -4.09. The van der Waals surface area contributed by atoms with Gasteiger partial charge in [-0.25, -0.2) is 4.39 Å². The fourth-order valence-corrected chi connectivity index (χ4v) is 0.705. The zero-order chi connectivity index (χ0) is 8.48. The second kappa shape index (κ2) is 2.54. The van der Waals surface area contributed by atoms with Crippen LogP contribution in [0.15, 0.2) is 24.3 Å². The van der Waals surface area contributed by atoms with Crippen LogP contribution in [0.5, 0.6) is 0 Å². The van der Waals surface area contributed by atoms with Crippen LogP contribution in [0.1, 0.15) is 5.56 Å². The van der Waals surface area contributed by atoms with Gasteiger partial charge in [-0.15, -0.1) is 0 Å². The van der Waals surface area contributed by atoms with E-state index in [1.54, 1.807) is 0 Å². The van der Waals surface area contributed by atoms with Gasteiger partial charge < -0.3 is 5.11 Å². The second-order valence-electron chi connectivity index (χ2n) is 2.02. The van der Waals surface area contributed by atoms with Gasteiger partial charge in [0.2, 0.25) is 0 Å². The Morgan fingerprint density at radius 3 is 2.09 bits per heavy atom. The number of halogens is 3. The first kappa shape index (κ1) is 8.07. The average Bonchev–Trinajstić information content (AvgIpc) is 1.86. The third kappa shape index (κ3) is 1.71. The van der Waals surface area contributed by atoms with Crippen molar-refractivity contribution in [1.82, 2.24) is 0 Å². The lowest BCUT2D eigenvalue weighted by molar-refractivity contribution is -0.210. The summed E-state index contributed by atoms with van der Waals surface area (Å²) in [6.07, 6.45) is -4.09. The molecule has 1 N–H and O–H groups in total. The normalized spacial score (nSPS) is 11.6. The van der Waals surface area contributed by atoms with E-state index >= 15 is 0 Å². The summed E-state index contributed by atoms with van der Waals surface area (Å²) in [6.45, 7) is 0. The number of aliphatic hydroxyl groups is 1. The molecule has 0 bridgehead atoms. The Kier molecular flexibility index (Phi) is 1.87. The predicted molar refractivity (Wildman–Crippen MR) is 32.5 cm³/mol. The number of alkyl halides is 2. The largest absolute Gasteiger partial charge is 0.383 e. The topological polar surface area (TPSA) is 20.2 Å². The van der Waals surface area contributed by atoms with Crippen molar-refractivity contribution in [2.75, 3.05) is 0 Å². The van der Waals surface area contributed by atoms with Crippen LogP contribution in [0.4, 0.5) is 13.2 Å². The minimum Gasteiger partial charge on any atom is -0.332 e. The summed E-state index contributed by atoms with van der Waals surface area (Å²) >= 11 is 0. The fourth-order valence-electron chi connectivity index (χ4n) is 0.705. The molecular formula is C7H5F3O. The molecule has 0 amide bonds. The van der Waals surface area contributed by atoms with Crippen molar-refractivity contribution in [3.8, 4) is 0 Å². The lowest BCUT2D eigenvalue weighted by Gasteiger charge is -2.08. The van der Waals surface area contributed by atoms with Crippen molar-refractivity contribution in [3.63, 3.8) is 0 Å². The number of hydrogen-bond donors (Lipinski definition) is 1. The molecule has 0 aliphatic rings. The smallest absolute Gasteiger partial charge is 0.332 e. The van der Waals surface area contributed by atoms with Crippen LogP contribution in [0, 0.1) is 5.82 Å². The van der Waals surface area contributed by atoms with E-state index in [0.29, 0.717) is 0 Å². The van der Waals surface area contributed by atoms with Crippen LogP contribution in [0.25, 0.3) is 0 Å².